The summed E-state index contributed by atoms with van der Waals surface area (Å²) in [6.45, 7) is 1.36. The van der Waals surface area contributed by atoms with Gasteiger partial charge in [-0.2, -0.15) is 0 Å². The molecule has 0 unspecified atom stereocenters. The Labute approximate surface area is 147 Å². The third kappa shape index (κ3) is 3.27. The topological polar surface area (TPSA) is 48.0 Å². The number of rotatable bonds is 3. The van der Waals surface area contributed by atoms with E-state index < -0.39 is 0 Å². The van der Waals surface area contributed by atoms with E-state index in [9.17, 15) is 4.79 Å². The van der Waals surface area contributed by atoms with Crippen LogP contribution in [0.5, 0.6) is 17.2 Å². The van der Waals surface area contributed by atoms with Gasteiger partial charge in [-0.3, -0.25) is 4.79 Å². The number of para-hydroxylation sites is 3. The van der Waals surface area contributed by atoms with Gasteiger partial charge in [0.2, 0.25) is 5.91 Å². The van der Waals surface area contributed by atoms with Gasteiger partial charge in [0.1, 0.15) is 19.0 Å². The fourth-order valence-electron chi connectivity index (χ4n) is 3.35. The minimum atomic E-state index is -0.166. The summed E-state index contributed by atoms with van der Waals surface area (Å²) >= 11 is 0. The van der Waals surface area contributed by atoms with Crippen LogP contribution in [0.3, 0.4) is 0 Å². The van der Waals surface area contributed by atoms with Crippen LogP contribution in [0.2, 0.25) is 0 Å². The Bertz CT molecular complexity index is 776. The van der Waals surface area contributed by atoms with Crippen LogP contribution in [0.15, 0.2) is 48.5 Å². The van der Waals surface area contributed by atoms with Crippen LogP contribution >= 0.6 is 0 Å². The molecule has 2 heterocycles. The normalized spacial score (nSPS) is 21.0. The number of benzene rings is 2. The molecule has 0 spiro atoms. The molecule has 0 fully saturated rings. The van der Waals surface area contributed by atoms with Crippen LogP contribution in [0.25, 0.3) is 0 Å². The van der Waals surface area contributed by atoms with Gasteiger partial charge < -0.3 is 19.1 Å². The molecule has 0 saturated carbocycles. The highest BCUT2D eigenvalue weighted by Crippen LogP contribution is 2.31. The van der Waals surface area contributed by atoms with Gasteiger partial charge in [-0.25, -0.2) is 0 Å². The van der Waals surface area contributed by atoms with Gasteiger partial charge >= 0.3 is 0 Å². The van der Waals surface area contributed by atoms with E-state index in [2.05, 4.69) is 0 Å². The summed E-state index contributed by atoms with van der Waals surface area (Å²) in [7, 11) is 1.81. The van der Waals surface area contributed by atoms with Crippen molar-refractivity contribution in [2.24, 2.45) is 5.92 Å². The average molecular weight is 339 g/mol. The zero-order valence-corrected chi connectivity index (χ0v) is 14.2. The van der Waals surface area contributed by atoms with E-state index in [-0.39, 0.29) is 17.9 Å². The van der Waals surface area contributed by atoms with E-state index in [4.69, 9.17) is 14.2 Å². The number of carbonyl (C=O) groups is 1. The Morgan fingerprint density at radius 2 is 1.68 bits per heavy atom. The quantitative estimate of drug-likeness (QED) is 0.862. The van der Waals surface area contributed by atoms with E-state index in [1.165, 1.54) is 0 Å². The van der Waals surface area contributed by atoms with Crippen molar-refractivity contribution >= 4 is 5.91 Å². The maximum Gasteiger partial charge on any atom is 0.229 e. The number of hydrogen-bond acceptors (Lipinski definition) is 4. The zero-order valence-electron chi connectivity index (χ0n) is 14.2. The summed E-state index contributed by atoms with van der Waals surface area (Å²) in [5, 5.41) is 0. The summed E-state index contributed by atoms with van der Waals surface area (Å²) in [5.74, 6) is 2.29. The van der Waals surface area contributed by atoms with Gasteiger partial charge in [0, 0.05) is 7.05 Å². The molecular formula is C20H21NO4. The van der Waals surface area contributed by atoms with Crippen LogP contribution in [0, 0.1) is 5.92 Å². The standard InChI is InChI=1S/C20H21NO4/c1-21(11-16-13-24-18-8-4-5-9-19(18)25-16)20(22)15-10-14-6-2-3-7-17(14)23-12-15/h2-9,15-16H,10-13H2,1H3/t15-,16+/m1/s1. The van der Waals surface area contributed by atoms with Crippen LogP contribution < -0.4 is 14.2 Å². The summed E-state index contributed by atoms with van der Waals surface area (Å²) in [4.78, 5) is 14.5. The molecule has 5 heteroatoms. The lowest BCUT2D eigenvalue weighted by atomic mass is 9.95. The third-order valence-electron chi connectivity index (χ3n) is 4.65. The van der Waals surface area contributed by atoms with Gasteiger partial charge in [-0.15, -0.1) is 0 Å². The van der Waals surface area contributed by atoms with Crippen LogP contribution in [0.4, 0.5) is 0 Å². The number of amides is 1. The van der Waals surface area contributed by atoms with E-state index in [1.807, 2.05) is 55.6 Å². The fourth-order valence-corrected chi connectivity index (χ4v) is 3.35. The first-order valence-electron chi connectivity index (χ1n) is 8.55. The molecule has 0 N–H and O–H groups in total. The highest BCUT2D eigenvalue weighted by atomic mass is 16.6. The first kappa shape index (κ1) is 15.8. The minimum Gasteiger partial charge on any atom is -0.492 e. The zero-order chi connectivity index (χ0) is 17.2. The van der Waals surface area contributed by atoms with E-state index >= 15 is 0 Å². The highest BCUT2D eigenvalue weighted by molar-refractivity contribution is 5.79. The van der Waals surface area contributed by atoms with Crippen molar-refractivity contribution in [3.05, 3.63) is 54.1 Å². The Balaban J connectivity index is 1.37. The predicted molar refractivity (Wildman–Crippen MR) is 93.1 cm³/mol. The molecule has 1 amide bonds. The van der Waals surface area contributed by atoms with Crippen LogP contribution in [0.1, 0.15) is 5.56 Å². The highest BCUT2D eigenvalue weighted by Gasteiger charge is 2.30. The number of likely N-dealkylation sites (N-methyl/N-ethyl adjacent to an activating group) is 1. The summed E-state index contributed by atoms with van der Waals surface area (Å²) < 4.78 is 17.4. The molecule has 0 aromatic heterocycles. The third-order valence-corrected chi connectivity index (χ3v) is 4.65. The Morgan fingerprint density at radius 1 is 1.00 bits per heavy atom. The number of carbonyl (C=O) groups excluding carboxylic acids is 1. The summed E-state index contributed by atoms with van der Waals surface area (Å²) in [5.41, 5.74) is 1.09. The Morgan fingerprint density at radius 3 is 2.52 bits per heavy atom. The lowest BCUT2D eigenvalue weighted by Crippen LogP contribution is -2.45. The van der Waals surface area contributed by atoms with Gasteiger partial charge in [-0.05, 0) is 30.2 Å². The van der Waals surface area contributed by atoms with Crippen molar-refractivity contribution in [3.63, 3.8) is 0 Å². The predicted octanol–water partition coefficient (Wildman–Crippen LogP) is 2.54. The molecule has 2 aromatic carbocycles. The maximum atomic E-state index is 12.8. The van der Waals surface area contributed by atoms with Crippen molar-refractivity contribution < 1.29 is 19.0 Å². The Hall–Kier alpha value is -2.69. The second-order valence-corrected chi connectivity index (χ2v) is 6.54. The molecule has 0 bridgehead atoms. The Kier molecular flexibility index (Phi) is 4.22. The monoisotopic (exact) mass is 339 g/mol. The second kappa shape index (κ2) is 6.67. The molecule has 0 aliphatic carbocycles. The van der Waals surface area contributed by atoms with E-state index in [0.29, 0.717) is 26.2 Å². The van der Waals surface area contributed by atoms with Crippen molar-refractivity contribution in [2.45, 2.75) is 12.5 Å². The summed E-state index contributed by atoms with van der Waals surface area (Å²) in [6, 6.07) is 15.5. The smallest absolute Gasteiger partial charge is 0.229 e. The molecule has 0 saturated heterocycles. The van der Waals surface area contributed by atoms with Gasteiger partial charge in [0.05, 0.1) is 12.5 Å². The molecular weight excluding hydrogens is 318 g/mol. The number of nitrogens with zero attached hydrogens (tertiary/aromatic N) is 1. The maximum absolute atomic E-state index is 12.8. The molecule has 5 nitrogen and oxygen atoms in total. The van der Waals surface area contributed by atoms with Crippen LogP contribution in [-0.4, -0.2) is 43.7 Å². The van der Waals surface area contributed by atoms with Crippen molar-refractivity contribution in [3.8, 4) is 17.2 Å². The van der Waals surface area contributed by atoms with Gasteiger partial charge in [0.25, 0.3) is 0 Å². The molecule has 4 rings (SSSR count). The van der Waals surface area contributed by atoms with Gasteiger partial charge in [-0.1, -0.05) is 30.3 Å². The molecule has 2 aliphatic rings. The molecule has 0 radical (unpaired) electrons. The lowest BCUT2D eigenvalue weighted by molar-refractivity contribution is -0.137. The second-order valence-electron chi connectivity index (χ2n) is 6.54. The molecule has 130 valence electrons. The fraction of sp³-hybridized carbons (Fsp3) is 0.350. The molecule has 25 heavy (non-hydrogen) atoms. The van der Waals surface area contributed by atoms with Crippen molar-refractivity contribution in [1.29, 1.82) is 0 Å². The largest absolute Gasteiger partial charge is 0.492 e. The molecule has 2 aliphatic heterocycles. The van der Waals surface area contributed by atoms with Gasteiger partial charge in [0.15, 0.2) is 17.6 Å². The van der Waals surface area contributed by atoms with Crippen molar-refractivity contribution in [2.75, 3.05) is 26.8 Å². The first-order valence-corrected chi connectivity index (χ1v) is 8.55. The SMILES string of the molecule is CN(C[C@H]1COc2ccccc2O1)C(=O)[C@H]1COc2ccccc2C1. The molecule has 2 aromatic rings. The molecule has 2 atom stereocenters. The van der Waals surface area contributed by atoms with Crippen molar-refractivity contribution in [1.82, 2.24) is 4.90 Å². The van der Waals surface area contributed by atoms with E-state index in [1.54, 1.807) is 4.90 Å². The minimum absolute atomic E-state index is 0.0805. The first-order chi connectivity index (χ1) is 12.2. The van der Waals surface area contributed by atoms with Crippen LogP contribution in [-0.2, 0) is 11.2 Å². The van der Waals surface area contributed by atoms with E-state index in [0.717, 1.165) is 22.8 Å². The lowest BCUT2D eigenvalue weighted by Gasteiger charge is -2.32. The summed E-state index contributed by atoms with van der Waals surface area (Å²) in [6.07, 6.45) is 0.546. The number of fused-ring (bicyclic) bond motifs is 2. The number of hydrogen-bond donors (Lipinski definition) is 0. The average Bonchev–Trinajstić information content (AvgIpc) is 2.67. The number of ether oxygens (including phenoxy) is 3.